The van der Waals surface area contributed by atoms with E-state index in [1.165, 1.54) is 11.1 Å². The summed E-state index contributed by atoms with van der Waals surface area (Å²) in [7, 11) is 0. The second kappa shape index (κ2) is 9.18. The van der Waals surface area contributed by atoms with E-state index in [2.05, 4.69) is 85.1 Å². The van der Waals surface area contributed by atoms with Crippen LogP contribution >= 0.6 is 24.4 Å². The number of benzene rings is 2. The Labute approximate surface area is 130 Å². The third kappa shape index (κ3) is 6.97. The highest BCUT2D eigenvalue weighted by molar-refractivity contribution is 7.89. The smallest absolute Gasteiger partial charge is 0.131 e. The normalized spacial score (nSPS) is 9.20. The van der Waals surface area contributed by atoms with Crippen LogP contribution in [0.2, 0.25) is 0 Å². The molecule has 0 radical (unpaired) electrons. The maximum Gasteiger partial charge on any atom is 0.131 e. The molecule has 104 valence electrons. The molecule has 0 saturated carbocycles. The van der Waals surface area contributed by atoms with Crippen molar-refractivity contribution in [2.75, 3.05) is 0 Å². The van der Waals surface area contributed by atoms with Gasteiger partial charge in [0.25, 0.3) is 0 Å². The maximum atomic E-state index is 4.90. The lowest BCUT2D eigenvalue weighted by atomic mass is 10.0. The van der Waals surface area contributed by atoms with Crippen molar-refractivity contribution in [1.82, 2.24) is 0 Å². The molecule has 2 nitrogen and oxygen atoms in total. The quantitative estimate of drug-likeness (QED) is 0.856. The molecule has 0 saturated heterocycles. The van der Waals surface area contributed by atoms with Crippen molar-refractivity contribution in [3.8, 4) is 0 Å². The Bertz CT molecular complexity index is 487. The fourth-order valence-electron chi connectivity index (χ4n) is 1.58. The van der Waals surface area contributed by atoms with E-state index in [-0.39, 0.29) is 9.98 Å². The topological polar surface area (TPSA) is 52.0 Å². The summed E-state index contributed by atoms with van der Waals surface area (Å²) in [5.41, 5.74) is 12.6. The Morgan fingerprint density at radius 2 is 0.950 bits per heavy atom. The molecule has 2 aromatic rings. The van der Waals surface area contributed by atoms with E-state index in [1.54, 1.807) is 0 Å². The van der Waals surface area contributed by atoms with Gasteiger partial charge < -0.3 is 11.5 Å². The van der Waals surface area contributed by atoms with Crippen LogP contribution in [-0.4, -0.2) is 9.98 Å². The summed E-state index contributed by atoms with van der Waals surface area (Å²) in [6.45, 7) is 0. The molecule has 0 atom stereocenters. The van der Waals surface area contributed by atoms with Gasteiger partial charge in [-0.1, -0.05) is 85.1 Å². The van der Waals surface area contributed by atoms with E-state index >= 15 is 0 Å². The van der Waals surface area contributed by atoms with E-state index in [0.29, 0.717) is 0 Å². The summed E-state index contributed by atoms with van der Waals surface area (Å²) in [5.74, 6) is 0. The molecule has 0 aliphatic carbocycles. The third-order valence-corrected chi connectivity index (χ3v) is 3.20. The molecule has 0 fully saturated rings. The highest BCUT2D eigenvalue weighted by Gasteiger charge is 1.93. The van der Waals surface area contributed by atoms with Crippen LogP contribution in [0.25, 0.3) is 0 Å². The van der Waals surface area contributed by atoms with Crippen molar-refractivity contribution < 1.29 is 0 Å². The van der Waals surface area contributed by atoms with Gasteiger partial charge in [0.1, 0.15) is 9.98 Å². The first-order valence-electron chi connectivity index (χ1n) is 6.26. The van der Waals surface area contributed by atoms with Crippen LogP contribution in [0.15, 0.2) is 60.7 Å². The molecule has 0 aromatic heterocycles. The third-order valence-electron chi connectivity index (χ3n) is 2.63. The number of nitrogens with two attached hydrogens (primary N) is 2. The van der Waals surface area contributed by atoms with Gasteiger partial charge in [0.2, 0.25) is 0 Å². The van der Waals surface area contributed by atoms with Crippen LogP contribution in [0.4, 0.5) is 0 Å². The monoisotopic (exact) mass is 302 g/mol. The molecule has 2 aromatic carbocycles. The zero-order valence-electron chi connectivity index (χ0n) is 11.2. The SMILES string of the molecule is NC(=S)C(N)=S.c1ccc(CCc2ccccc2)cc1. The Hall–Kier alpha value is -1.78. The Kier molecular flexibility index (Phi) is 7.47. The molecule has 20 heavy (non-hydrogen) atoms. The standard InChI is InChI=1S/C14H14.C2H4N2S2/c1-3-7-13(8-4-1)11-12-14-9-5-2-6-10-14;3-1(5)2(4)6/h1-10H,11-12H2;(H2,3,5)(H2,4,6). The van der Waals surface area contributed by atoms with Gasteiger partial charge in [-0.15, -0.1) is 0 Å². The second-order valence-corrected chi connectivity index (χ2v) is 5.08. The molecule has 4 heteroatoms. The van der Waals surface area contributed by atoms with Crippen molar-refractivity contribution in [2.24, 2.45) is 11.5 Å². The fraction of sp³-hybridized carbons (Fsp3) is 0.125. The minimum Gasteiger partial charge on any atom is -0.388 e. The average Bonchev–Trinajstić information content (AvgIpc) is 2.48. The summed E-state index contributed by atoms with van der Waals surface area (Å²) in [5, 5.41) is 0. The zero-order valence-corrected chi connectivity index (χ0v) is 12.8. The minimum absolute atomic E-state index is 0.102. The summed E-state index contributed by atoms with van der Waals surface area (Å²) >= 11 is 8.66. The van der Waals surface area contributed by atoms with E-state index in [4.69, 9.17) is 11.5 Å². The Morgan fingerprint density at radius 1 is 0.650 bits per heavy atom. The molecular formula is C16H18N2S2. The lowest BCUT2D eigenvalue weighted by molar-refractivity contribution is 0.960. The van der Waals surface area contributed by atoms with Crippen LogP contribution in [0.1, 0.15) is 11.1 Å². The molecule has 0 aliphatic heterocycles. The second-order valence-electron chi connectivity index (χ2n) is 4.20. The van der Waals surface area contributed by atoms with Gasteiger partial charge in [-0.3, -0.25) is 0 Å². The highest BCUT2D eigenvalue weighted by atomic mass is 32.1. The highest BCUT2D eigenvalue weighted by Crippen LogP contribution is 2.06. The van der Waals surface area contributed by atoms with E-state index in [0.717, 1.165) is 12.8 Å². The minimum atomic E-state index is 0.102. The molecule has 0 bridgehead atoms. The van der Waals surface area contributed by atoms with Crippen LogP contribution < -0.4 is 11.5 Å². The molecule has 0 heterocycles. The lowest BCUT2D eigenvalue weighted by Crippen LogP contribution is -2.26. The summed E-state index contributed by atoms with van der Waals surface area (Å²) < 4.78 is 0. The predicted octanol–water partition coefficient (Wildman–Crippen LogP) is 3.03. The predicted molar refractivity (Wildman–Crippen MR) is 93.9 cm³/mol. The van der Waals surface area contributed by atoms with Crippen molar-refractivity contribution in [2.45, 2.75) is 12.8 Å². The average molecular weight is 302 g/mol. The zero-order chi connectivity index (χ0) is 14.8. The van der Waals surface area contributed by atoms with Crippen molar-refractivity contribution in [3.63, 3.8) is 0 Å². The molecule has 0 unspecified atom stereocenters. The summed E-state index contributed by atoms with van der Waals surface area (Å²) in [6.07, 6.45) is 2.26. The van der Waals surface area contributed by atoms with Crippen molar-refractivity contribution >= 4 is 34.4 Å². The first-order valence-corrected chi connectivity index (χ1v) is 7.08. The maximum absolute atomic E-state index is 4.90. The molecule has 0 spiro atoms. The largest absolute Gasteiger partial charge is 0.388 e. The molecule has 0 amide bonds. The van der Waals surface area contributed by atoms with E-state index < -0.39 is 0 Å². The number of aryl methyl sites for hydroxylation is 2. The molecular weight excluding hydrogens is 284 g/mol. The fourth-order valence-corrected chi connectivity index (χ4v) is 1.58. The lowest BCUT2D eigenvalue weighted by Gasteiger charge is -2.01. The van der Waals surface area contributed by atoms with Crippen LogP contribution in [0.5, 0.6) is 0 Å². The van der Waals surface area contributed by atoms with Crippen molar-refractivity contribution in [3.05, 3.63) is 71.8 Å². The van der Waals surface area contributed by atoms with Crippen LogP contribution in [0, 0.1) is 0 Å². The summed E-state index contributed by atoms with van der Waals surface area (Å²) in [4.78, 5) is 0.204. The molecule has 2 rings (SSSR count). The van der Waals surface area contributed by atoms with Crippen LogP contribution in [-0.2, 0) is 12.8 Å². The van der Waals surface area contributed by atoms with Gasteiger partial charge in [0, 0.05) is 0 Å². The van der Waals surface area contributed by atoms with Gasteiger partial charge in [-0.25, -0.2) is 0 Å². The first-order chi connectivity index (χ1) is 9.59. The van der Waals surface area contributed by atoms with Gasteiger partial charge in [0.05, 0.1) is 0 Å². The number of hydrogen-bond donors (Lipinski definition) is 2. The van der Waals surface area contributed by atoms with E-state index in [9.17, 15) is 0 Å². The molecule has 0 aliphatic rings. The molecule has 4 N–H and O–H groups in total. The van der Waals surface area contributed by atoms with E-state index in [1.807, 2.05) is 0 Å². The number of thiocarbonyl (C=S) groups is 2. The van der Waals surface area contributed by atoms with Crippen LogP contribution in [0.3, 0.4) is 0 Å². The Morgan fingerprint density at radius 3 is 1.20 bits per heavy atom. The van der Waals surface area contributed by atoms with Gasteiger partial charge >= 0.3 is 0 Å². The Balaban J connectivity index is 0.000000286. The van der Waals surface area contributed by atoms with Gasteiger partial charge in [0.15, 0.2) is 0 Å². The van der Waals surface area contributed by atoms with Crippen molar-refractivity contribution in [1.29, 1.82) is 0 Å². The van der Waals surface area contributed by atoms with Gasteiger partial charge in [-0.2, -0.15) is 0 Å². The number of hydrogen-bond acceptors (Lipinski definition) is 2. The summed E-state index contributed by atoms with van der Waals surface area (Å²) in [6, 6.07) is 21.2. The number of rotatable bonds is 3. The first kappa shape index (κ1) is 16.3. The van der Waals surface area contributed by atoms with Gasteiger partial charge in [-0.05, 0) is 24.0 Å².